The SMILES string of the molecule is COc1ccccc1C(NS(=O)(=O)c1ccc(C)cc1)c1ccc[nH]1. The second kappa shape index (κ2) is 7.13. The molecule has 1 unspecified atom stereocenters. The van der Waals surface area contributed by atoms with Crippen molar-refractivity contribution in [2.24, 2.45) is 0 Å². The third kappa shape index (κ3) is 3.75. The lowest BCUT2D eigenvalue weighted by molar-refractivity contribution is 0.406. The molecule has 3 aromatic rings. The normalized spacial score (nSPS) is 12.7. The van der Waals surface area contributed by atoms with Crippen molar-refractivity contribution in [2.75, 3.05) is 7.11 Å². The summed E-state index contributed by atoms with van der Waals surface area (Å²) in [5.74, 6) is 0.619. The molecule has 0 saturated carbocycles. The van der Waals surface area contributed by atoms with Crippen LogP contribution in [0.2, 0.25) is 0 Å². The lowest BCUT2D eigenvalue weighted by Gasteiger charge is -2.20. The molecule has 0 bridgehead atoms. The summed E-state index contributed by atoms with van der Waals surface area (Å²) in [7, 11) is -2.13. The van der Waals surface area contributed by atoms with Crippen LogP contribution in [-0.4, -0.2) is 20.5 Å². The van der Waals surface area contributed by atoms with E-state index in [-0.39, 0.29) is 4.90 Å². The monoisotopic (exact) mass is 356 g/mol. The van der Waals surface area contributed by atoms with Gasteiger partial charge in [-0.1, -0.05) is 35.9 Å². The minimum Gasteiger partial charge on any atom is -0.496 e. The summed E-state index contributed by atoms with van der Waals surface area (Å²) in [5, 5.41) is 0. The lowest BCUT2D eigenvalue weighted by Crippen LogP contribution is -2.30. The van der Waals surface area contributed by atoms with Crippen molar-refractivity contribution < 1.29 is 13.2 Å². The van der Waals surface area contributed by atoms with Crippen LogP contribution in [0.15, 0.2) is 71.8 Å². The van der Waals surface area contributed by atoms with Gasteiger partial charge in [0.15, 0.2) is 0 Å². The summed E-state index contributed by atoms with van der Waals surface area (Å²) in [6.45, 7) is 1.92. The number of aromatic nitrogens is 1. The fourth-order valence-corrected chi connectivity index (χ4v) is 3.86. The zero-order valence-electron chi connectivity index (χ0n) is 14.1. The Labute approximate surface area is 147 Å². The highest BCUT2D eigenvalue weighted by Gasteiger charge is 2.25. The zero-order chi connectivity index (χ0) is 17.9. The first-order valence-electron chi connectivity index (χ1n) is 7.86. The van der Waals surface area contributed by atoms with E-state index < -0.39 is 16.1 Å². The topological polar surface area (TPSA) is 71.2 Å². The quantitative estimate of drug-likeness (QED) is 0.711. The Morgan fingerprint density at radius 2 is 1.72 bits per heavy atom. The van der Waals surface area contributed by atoms with Gasteiger partial charge in [-0.2, -0.15) is 4.72 Å². The molecule has 0 aliphatic rings. The number of nitrogens with one attached hydrogen (secondary N) is 2. The highest BCUT2D eigenvalue weighted by molar-refractivity contribution is 7.89. The van der Waals surface area contributed by atoms with E-state index in [2.05, 4.69) is 9.71 Å². The molecule has 0 amide bonds. The predicted octanol–water partition coefficient (Wildman–Crippen LogP) is 3.40. The van der Waals surface area contributed by atoms with Gasteiger partial charge in [-0.15, -0.1) is 0 Å². The Morgan fingerprint density at radius 1 is 1.00 bits per heavy atom. The minimum atomic E-state index is -3.70. The summed E-state index contributed by atoms with van der Waals surface area (Å²) in [5.41, 5.74) is 2.48. The van der Waals surface area contributed by atoms with Crippen molar-refractivity contribution in [2.45, 2.75) is 17.9 Å². The van der Waals surface area contributed by atoms with Crippen LogP contribution in [0.4, 0.5) is 0 Å². The molecule has 2 N–H and O–H groups in total. The number of hydrogen-bond donors (Lipinski definition) is 2. The van der Waals surface area contributed by atoms with Gasteiger partial charge in [0.2, 0.25) is 10.0 Å². The Balaban J connectivity index is 2.03. The van der Waals surface area contributed by atoms with Gasteiger partial charge in [-0.3, -0.25) is 0 Å². The minimum absolute atomic E-state index is 0.226. The molecule has 0 spiro atoms. The van der Waals surface area contributed by atoms with E-state index >= 15 is 0 Å². The van der Waals surface area contributed by atoms with Gasteiger partial charge >= 0.3 is 0 Å². The number of sulfonamides is 1. The molecule has 6 heteroatoms. The number of hydrogen-bond acceptors (Lipinski definition) is 3. The van der Waals surface area contributed by atoms with Crippen LogP contribution >= 0.6 is 0 Å². The third-order valence-electron chi connectivity index (χ3n) is 3.99. The molecule has 3 rings (SSSR count). The summed E-state index contributed by atoms with van der Waals surface area (Å²) in [6.07, 6.45) is 1.76. The number of methoxy groups -OCH3 is 1. The number of rotatable bonds is 6. The van der Waals surface area contributed by atoms with Crippen LogP contribution < -0.4 is 9.46 Å². The first kappa shape index (κ1) is 17.3. The van der Waals surface area contributed by atoms with Crippen LogP contribution in [0.25, 0.3) is 0 Å². The van der Waals surface area contributed by atoms with Crippen molar-refractivity contribution in [3.05, 3.63) is 83.7 Å². The molecular weight excluding hydrogens is 336 g/mol. The molecule has 1 atom stereocenters. The molecule has 2 aromatic carbocycles. The van der Waals surface area contributed by atoms with Gasteiger partial charge in [-0.25, -0.2) is 8.42 Å². The smallest absolute Gasteiger partial charge is 0.241 e. The number of ether oxygens (including phenoxy) is 1. The van der Waals surface area contributed by atoms with Crippen molar-refractivity contribution in [1.29, 1.82) is 0 Å². The summed E-state index contributed by atoms with van der Waals surface area (Å²) in [6, 6.07) is 17.2. The third-order valence-corrected chi connectivity index (χ3v) is 5.43. The van der Waals surface area contributed by atoms with E-state index in [0.29, 0.717) is 5.75 Å². The Morgan fingerprint density at radius 3 is 2.36 bits per heavy atom. The van der Waals surface area contributed by atoms with E-state index in [1.54, 1.807) is 37.6 Å². The summed E-state index contributed by atoms with van der Waals surface area (Å²) < 4.78 is 33.9. The van der Waals surface area contributed by atoms with E-state index in [1.807, 2.05) is 43.3 Å². The Hall–Kier alpha value is -2.57. The first-order valence-corrected chi connectivity index (χ1v) is 9.35. The Kier molecular flexibility index (Phi) is 4.92. The van der Waals surface area contributed by atoms with Crippen molar-refractivity contribution in [3.63, 3.8) is 0 Å². The van der Waals surface area contributed by atoms with Crippen LogP contribution in [0.3, 0.4) is 0 Å². The average molecular weight is 356 g/mol. The molecule has 0 radical (unpaired) electrons. The number of para-hydroxylation sites is 1. The summed E-state index contributed by atoms with van der Waals surface area (Å²) >= 11 is 0. The molecule has 0 fully saturated rings. The van der Waals surface area contributed by atoms with Crippen LogP contribution in [0.1, 0.15) is 22.9 Å². The molecule has 130 valence electrons. The van der Waals surface area contributed by atoms with Gasteiger partial charge in [0.25, 0.3) is 0 Å². The molecule has 1 aromatic heterocycles. The van der Waals surface area contributed by atoms with E-state index in [1.165, 1.54) is 0 Å². The molecule has 25 heavy (non-hydrogen) atoms. The van der Waals surface area contributed by atoms with Crippen molar-refractivity contribution in [3.8, 4) is 5.75 Å². The number of benzene rings is 2. The van der Waals surface area contributed by atoms with Gasteiger partial charge < -0.3 is 9.72 Å². The second-order valence-corrected chi connectivity index (χ2v) is 7.45. The van der Waals surface area contributed by atoms with Gasteiger partial charge in [-0.05, 0) is 37.3 Å². The first-order chi connectivity index (χ1) is 12.0. The molecule has 0 saturated heterocycles. The maximum atomic E-state index is 12.9. The highest BCUT2D eigenvalue weighted by atomic mass is 32.2. The standard InChI is InChI=1S/C19H20N2O3S/c1-14-9-11-15(12-10-14)25(22,23)21-19(17-7-5-13-20-17)16-6-3-4-8-18(16)24-2/h3-13,19-21H,1-2H3. The summed E-state index contributed by atoms with van der Waals surface area (Å²) in [4.78, 5) is 3.31. The average Bonchev–Trinajstić information content (AvgIpc) is 3.14. The van der Waals surface area contributed by atoms with E-state index in [0.717, 1.165) is 16.8 Å². The maximum absolute atomic E-state index is 12.9. The van der Waals surface area contributed by atoms with Gasteiger partial charge in [0.05, 0.1) is 18.0 Å². The number of aryl methyl sites for hydroxylation is 1. The molecular formula is C19H20N2O3S. The van der Waals surface area contributed by atoms with Crippen LogP contribution in [0, 0.1) is 6.92 Å². The fraction of sp³-hybridized carbons (Fsp3) is 0.158. The maximum Gasteiger partial charge on any atom is 0.241 e. The molecule has 0 aliphatic carbocycles. The van der Waals surface area contributed by atoms with Crippen LogP contribution in [0.5, 0.6) is 5.75 Å². The van der Waals surface area contributed by atoms with E-state index in [9.17, 15) is 8.42 Å². The molecule has 1 heterocycles. The van der Waals surface area contributed by atoms with Crippen molar-refractivity contribution >= 4 is 10.0 Å². The molecule has 5 nitrogen and oxygen atoms in total. The van der Waals surface area contributed by atoms with Crippen LogP contribution in [-0.2, 0) is 10.0 Å². The fourth-order valence-electron chi connectivity index (χ4n) is 2.66. The Bertz CT molecular complexity index is 933. The van der Waals surface area contributed by atoms with E-state index in [4.69, 9.17) is 4.74 Å². The lowest BCUT2D eigenvalue weighted by atomic mass is 10.0. The predicted molar refractivity (Wildman–Crippen MR) is 97.1 cm³/mol. The van der Waals surface area contributed by atoms with Gasteiger partial charge in [0, 0.05) is 17.5 Å². The second-order valence-electron chi connectivity index (χ2n) is 5.73. The molecule has 0 aliphatic heterocycles. The van der Waals surface area contributed by atoms with Crippen molar-refractivity contribution in [1.82, 2.24) is 9.71 Å². The largest absolute Gasteiger partial charge is 0.496 e. The zero-order valence-corrected chi connectivity index (χ0v) is 14.9. The number of H-pyrrole nitrogens is 1. The number of aromatic amines is 1. The highest BCUT2D eigenvalue weighted by Crippen LogP contribution is 2.30. The van der Waals surface area contributed by atoms with Gasteiger partial charge in [0.1, 0.15) is 5.75 Å².